The molecule has 122 valence electrons. The van der Waals surface area contributed by atoms with Crippen molar-refractivity contribution >= 4 is 15.9 Å². The van der Waals surface area contributed by atoms with Crippen molar-refractivity contribution in [2.24, 2.45) is 5.92 Å². The Morgan fingerprint density at radius 3 is 2.14 bits per heavy atom. The van der Waals surface area contributed by atoms with Gasteiger partial charge in [0.25, 0.3) is 0 Å². The largest absolute Gasteiger partial charge is 0.338 e. The third-order valence-electron chi connectivity index (χ3n) is 4.84. The Bertz CT molecular complexity index is 520. The molecule has 2 aliphatic heterocycles. The predicted molar refractivity (Wildman–Crippen MR) is 83.4 cm³/mol. The predicted octanol–water partition coefficient (Wildman–Crippen LogP) is 1.84. The normalized spacial score (nSPS) is 28.1. The van der Waals surface area contributed by atoms with E-state index in [4.69, 9.17) is 0 Å². The molecule has 2 heterocycles. The smallest absolute Gasteiger partial charge is 0.228 e. The van der Waals surface area contributed by atoms with E-state index in [-0.39, 0.29) is 23.1 Å². The minimum absolute atomic E-state index is 0.0980. The first-order valence-corrected chi connectivity index (χ1v) is 9.41. The molecule has 2 aliphatic rings. The highest BCUT2D eigenvalue weighted by Crippen LogP contribution is 2.38. The molecule has 2 rings (SSSR count). The fourth-order valence-electron chi connectivity index (χ4n) is 3.66. The Labute approximate surface area is 128 Å². The van der Waals surface area contributed by atoms with Gasteiger partial charge in [-0.25, -0.2) is 8.42 Å². The van der Waals surface area contributed by atoms with Crippen molar-refractivity contribution < 1.29 is 13.2 Å². The first-order valence-electron chi connectivity index (χ1n) is 7.80. The first-order chi connectivity index (χ1) is 9.48. The van der Waals surface area contributed by atoms with Gasteiger partial charge in [-0.3, -0.25) is 4.79 Å². The van der Waals surface area contributed by atoms with Gasteiger partial charge >= 0.3 is 0 Å². The van der Waals surface area contributed by atoms with E-state index in [1.54, 1.807) is 4.31 Å². The van der Waals surface area contributed by atoms with Crippen LogP contribution in [-0.4, -0.2) is 53.5 Å². The van der Waals surface area contributed by atoms with Crippen LogP contribution in [0, 0.1) is 5.92 Å². The van der Waals surface area contributed by atoms with E-state index in [1.165, 1.54) is 0 Å². The fourth-order valence-corrected chi connectivity index (χ4v) is 5.62. The summed E-state index contributed by atoms with van der Waals surface area (Å²) in [6, 6.07) is 0. The van der Waals surface area contributed by atoms with E-state index in [0.717, 1.165) is 19.4 Å². The number of hydrogen-bond donors (Lipinski definition) is 0. The van der Waals surface area contributed by atoms with E-state index >= 15 is 0 Å². The van der Waals surface area contributed by atoms with Crippen LogP contribution in [0.15, 0.2) is 0 Å². The molecule has 2 fully saturated rings. The number of sulfonamides is 1. The minimum Gasteiger partial charge on any atom is -0.338 e. The Kier molecular flexibility index (Phi) is 4.17. The highest BCUT2D eigenvalue weighted by molar-refractivity contribution is 7.89. The standard InChI is InChI=1S/C15H28N2O3S/c1-14(2,3)16-9-6-8-12(13(16)18)15(4,5)17-10-7-11-21(17,19)20/h12H,6-11H2,1-5H3. The number of likely N-dealkylation sites (tertiary alicyclic amines) is 1. The molecule has 0 radical (unpaired) electrons. The number of hydrogen-bond acceptors (Lipinski definition) is 3. The number of carbonyl (C=O) groups excluding carboxylic acids is 1. The Morgan fingerprint density at radius 1 is 1.05 bits per heavy atom. The molecule has 0 saturated carbocycles. The molecule has 21 heavy (non-hydrogen) atoms. The third kappa shape index (κ3) is 2.97. The number of piperidine rings is 1. The highest BCUT2D eigenvalue weighted by atomic mass is 32.2. The molecule has 0 aromatic heterocycles. The van der Waals surface area contributed by atoms with E-state index in [2.05, 4.69) is 0 Å². The zero-order valence-electron chi connectivity index (χ0n) is 13.8. The summed E-state index contributed by atoms with van der Waals surface area (Å²) < 4.78 is 26.0. The first kappa shape index (κ1) is 16.7. The van der Waals surface area contributed by atoms with Crippen molar-refractivity contribution in [3.63, 3.8) is 0 Å². The van der Waals surface area contributed by atoms with E-state index in [1.807, 2.05) is 39.5 Å². The van der Waals surface area contributed by atoms with Crippen LogP contribution in [0.1, 0.15) is 53.9 Å². The van der Waals surface area contributed by atoms with Gasteiger partial charge in [-0.2, -0.15) is 4.31 Å². The maximum absolute atomic E-state index is 12.9. The summed E-state index contributed by atoms with van der Waals surface area (Å²) in [5.41, 5.74) is -0.855. The summed E-state index contributed by atoms with van der Waals surface area (Å²) in [6.45, 7) is 11.2. The second-order valence-corrected chi connectivity index (χ2v) is 9.76. The molecular formula is C15H28N2O3S. The summed E-state index contributed by atoms with van der Waals surface area (Å²) in [5, 5.41) is 0. The van der Waals surface area contributed by atoms with Crippen molar-refractivity contribution in [1.82, 2.24) is 9.21 Å². The van der Waals surface area contributed by atoms with Gasteiger partial charge in [0.2, 0.25) is 15.9 Å². The quantitative estimate of drug-likeness (QED) is 0.781. The number of rotatable bonds is 2. The molecule has 0 N–H and O–H groups in total. The zero-order chi connectivity index (χ0) is 16.1. The maximum atomic E-state index is 12.9. The van der Waals surface area contributed by atoms with Crippen LogP contribution in [0.3, 0.4) is 0 Å². The van der Waals surface area contributed by atoms with Gasteiger partial charge in [-0.05, 0) is 53.9 Å². The van der Waals surface area contributed by atoms with Gasteiger partial charge in [0.15, 0.2) is 0 Å². The molecule has 0 aromatic carbocycles. The minimum atomic E-state index is -3.21. The highest BCUT2D eigenvalue weighted by Gasteiger charge is 2.49. The SMILES string of the molecule is CC(C)(C)N1CCCC(C(C)(C)N2CCCS2(=O)=O)C1=O. The van der Waals surface area contributed by atoms with Crippen molar-refractivity contribution in [2.45, 2.75) is 65.0 Å². The van der Waals surface area contributed by atoms with Crippen molar-refractivity contribution in [1.29, 1.82) is 0 Å². The van der Waals surface area contributed by atoms with E-state index in [0.29, 0.717) is 13.0 Å². The van der Waals surface area contributed by atoms with Gasteiger partial charge in [0.1, 0.15) is 0 Å². The van der Waals surface area contributed by atoms with Gasteiger partial charge in [0, 0.05) is 24.2 Å². The molecule has 5 nitrogen and oxygen atoms in total. The molecule has 6 heteroatoms. The maximum Gasteiger partial charge on any atom is 0.228 e. The molecule has 2 saturated heterocycles. The average molecular weight is 316 g/mol. The van der Waals surface area contributed by atoms with Crippen LogP contribution in [0.2, 0.25) is 0 Å². The van der Waals surface area contributed by atoms with Crippen molar-refractivity contribution in [3.8, 4) is 0 Å². The van der Waals surface area contributed by atoms with Crippen LogP contribution in [0.25, 0.3) is 0 Å². The lowest BCUT2D eigenvalue weighted by Crippen LogP contribution is -2.60. The molecule has 1 atom stereocenters. The molecule has 0 aliphatic carbocycles. The summed E-state index contributed by atoms with van der Waals surface area (Å²) in [4.78, 5) is 14.8. The van der Waals surface area contributed by atoms with E-state index < -0.39 is 15.6 Å². The Hall–Kier alpha value is -0.620. The lowest BCUT2D eigenvalue weighted by molar-refractivity contribution is -0.148. The molecule has 1 unspecified atom stereocenters. The third-order valence-corrected chi connectivity index (χ3v) is 6.97. The topological polar surface area (TPSA) is 57.7 Å². The average Bonchev–Trinajstić information content (AvgIpc) is 2.68. The van der Waals surface area contributed by atoms with Crippen LogP contribution in [0.5, 0.6) is 0 Å². The number of nitrogens with zero attached hydrogens (tertiary/aromatic N) is 2. The van der Waals surface area contributed by atoms with Crippen LogP contribution < -0.4 is 0 Å². The Balaban J connectivity index is 2.29. The summed E-state index contributed by atoms with van der Waals surface area (Å²) in [7, 11) is -3.21. The molecule has 0 spiro atoms. The second-order valence-electron chi connectivity index (χ2n) is 7.75. The summed E-state index contributed by atoms with van der Waals surface area (Å²) in [6.07, 6.45) is 2.37. The lowest BCUT2D eigenvalue weighted by Gasteiger charge is -2.48. The van der Waals surface area contributed by atoms with Crippen LogP contribution in [0.4, 0.5) is 0 Å². The zero-order valence-corrected chi connectivity index (χ0v) is 14.7. The van der Waals surface area contributed by atoms with Crippen LogP contribution >= 0.6 is 0 Å². The summed E-state index contributed by atoms with van der Waals surface area (Å²) in [5.74, 6) is 0.0551. The van der Waals surface area contributed by atoms with Crippen molar-refractivity contribution in [2.75, 3.05) is 18.8 Å². The van der Waals surface area contributed by atoms with Gasteiger partial charge in [-0.15, -0.1) is 0 Å². The Morgan fingerprint density at radius 2 is 1.67 bits per heavy atom. The fraction of sp³-hybridized carbons (Fsp3) is 0.933. The summed E-state index contributed by atoms with van der Waals surface area (Å²) >= 11 is 0. The van der Waals surface area contributed by atoms with Gasteiger partial charge < -0.3 is 4.90 Å². The van der Waals surface area contributed by atoms with Crippen molar-refractivity contribution in [3.05, 3.63) is 0 Å². The molecule has 1 amide bonds. The van der Waals surface area contributed by atoms with Crippen LogP contribution in [-0.2, 0) is 14.8 Å². The second kappa shape index (κ2) is 5.23. The number of carbonyl (C=O) groups is 1. The van der Waals surface area contributed by atoms with Gasteiger partial charge in [0.05, 0.1) is 11.7 Å². The molecule has 0 bridgehead atoms. The monoisotopic (exact) mass is 316 g/mol. The van der Waals surface area contributed by atoms with E-state index in [9.17, 15) is 13.2 Å². The number of amides is 1. The lowest BCUT2D eigenvalue weighted by atomic mass is 9.79. The molecule has 0 aromatic rings. The van der Waals surface area contributed by atoms with Gasteiger partial charge in [-0.1, -0.05) is 0 Å². The molecular weight excluding hydrogens is 288 g/mol.